The molecule has 0 bridgehead atoms. The normalized spacial score (nSPS) is 14.4. The lowest BCUT2D eigenvalue weighted by atomic mass is 10.1. The van der Waals surface area contributed by atoms with E-state index < -0.39 is 0 Å². The molecule has 0 saturated heterocycles. The lowest BCUT2D eigenvalue weighted by molar-refractivity contribution is 0.101. The molecule has 1 aromatic heterocycles. The number of aryl methyl sites for hydroxylation is 1. The number of ketones is 1. The van der Waals surface area contributed by atoms with Crippen molar-refractivity contribution in [1.82, 2.24) is 0 Å². The van der Waals surface area contributed by atoms with Crippen LogP contribution in [-0.2, 0) is 6.61 Å². The summed E-state index contributed by atoms with van der Waals surface area (Å²) in [5.74, 6) is 1.51. The van der Waals surface area contributed by atoms with Gasteiger partial charge in [-0.2, -0.15) is 0 Å². The van der Waals surface area contributed by atoms with Crippen LogP contribution in [0.15, 0.2) is 65.7 Å². The van der Waals surface area contributed by atoms with Gasteiger partial charge >= 0.3 is 0 Å². The Morgan fingerprint density at radius 3 is 2.72 bits per heavy atom. The predicted molar refractivity (Wildman–Crippen MR) is 99.2 cm³/mol. The maximum atomic E-state index is 12.5. The fraction of sp³-hybridized carbons (Fsp3) is 0.0952. The van der Waals surface area contributed by atoms with Crippen LogP contribution >= 0.6 is 11.3 Å². The van der Waals surface area contributed by atoms with E-state index in [0.717, 1.165) is 16.0 Å². The first-order valence-electron chi connectivity index (χ1n) is 8.00. The smallest absolute Gasteiger partial charge is 0.232 e. The highest BCUT2D eigenvalue weighted by Crippen LogP contribution is 2.35. The molecule has 25 heavy (non-hydrogen) atoms. The molecule has 0 aliphatic carbocycles. The lowest BCUT2D eigenvalue weighted by Crippen LogP contribution is -1.97. The van der Waals surface area contributed by atoms with Gasteiger partial charge in [0, 0.05) is 17.0 Å². The molecule has 2 aromatic carbocycles. The summed E-state index contributed by atoms with van der Waals surface area (Å²) in [4.78, 5) is 13.5. The number of Topliss-reactive ketones (excluding diaryl/α,β-unsaturated/α-hetero) is 1. The summed E-state index contributed by atoms with van der Waals surface area (Å²) in [6, 6.07) is 17.3. The van der Waals surface area contributed by atoms with Crippen molar-refractivity contribution < 1.29 is 14.3 Å². The van der Waals surface area contributed by atoms with Gasteiger partial charge in [0.1, 0.15) is 18.1 Å². The van der Waals surface area contributed by atoms with Gasteiger partial charge in [0.2, 0.25) is 5.78 Å². The summed E-state index contributed by atoms with van der Waals surface area (Å²) in [6.45, 7) is 2.50. The van der Waals surface area contributed by atoms with Crippen molar-refractivity contribution in [3.8, 4) is 11.5 Å². The molecule has 2 heterocycles. The summed E-state index contributed by atoms with van der Waals surface area (Å²) in [5.41, 5.74) is 2.80. The van der Waals surface area contributed by atoms with E-state index in [0.29, 0.717) is 29.4 Å². The zero-order valence-corrected chi connectivity index (χ0v) is 14.5. The number of carbonyl (C=O) groups excluding carboxylic acids is 1. The lowest BCUT2D eigenvalue weighted by Gasteiger charge is -2.07. The number of hydrogen-bond acceptors (Lipinski definition) is 4. The number of thiophene rings is 1. The highest BCUT2D eigenvalue weighted by Gasteiger charge is 2.28. The van der Waals surface area contributed by atoms with Crippen LogP contribution in [0.1, 0.15) is 26.4 Å². The Kier molecular flexibility index (Phi) is 4.12. The molecule has 4 rings (SSSR count). The molecule has 3 nitrogen and oxygen atoms in total. The number of ether oxygens (including phenoxy) is 2. The fourth-order valence-electron chi connectivity index (χ4n) is 2.65. The third-order valence-corrected chi connectivity index (χ3v) is 5.02. The molecule has 0 saturated carbocycles. The van der Waals surface area contributed by atoms with Crippen LogP contribution in [0.5, 0.6) is 11.5 Å². The molecule has 4 heteroatoms. The van der Waals surface area contributed by atoms with Crippen LogP contribution in [-0.4, -0.2) is 5.78 Å². The molecule has 3 aromatic rings. The number of carbonyl (C=O) groups is 1. The van der Waals surface area contributed by atoms with E-state index in [1.807, 2.05) is 60.8 Å². The Hall–Kier alpha value is -2.85. The zero-order valence-electron chi connectivity index (χ0n) is 13.7. The van der Waals surface area contributed by atoms with Crippen molar-refractivity contribution in [2.24, 2.45) is 0 Å². The van der Waals surface area contributed by atoms with Crippen molar-refractivity contribution in [3.63, 3.8) is 0 Å². The first kappa shape index (κ1) is 15.7. The number of fused-ring (bicyclic) bond motifs is 1. The molecule has 1 aliphatic rings. The number of hydrogen-bond donors (Lipinski definition) is 0. The summed E-state index contributed by atoms with van der Waals surface area (Å²) in [7, 11) is 0. The van der Waals surface area contributed by atoms with Gasteiger partial charge in [-0.25, -0.2) is 0 Å². The van der Waals surface area contributed by atoms with Crippen LogP contribution in [0, 0.1) is 6.92 Å². The van der Waals surface area contributed by atoms with Crippen molar-refractivity contribution >= 4 is 23.2 Å². The topological polar surface area (TPSA) is 35.5 Å². The van der Waals surface area contributed by atoms with Crippen LogP contribution in [0.3, 0.4) is 0 Å². The molecular weight excluding hydrogens is 332 g/mol. The quantitative estimate of drug-likeness (QED) is 0.604. The van der Waals surface area contributed by atoms with E-state index in [2.05, 4.69) is 0 Å². The summed E-state index contributed by atoms with van der Waals surface area (Å²) < 4.78 is 11.6. The van der Waals surface area contributed by atoms with E-state index in [9.17, 15) is 4.79 Å². The molecule has 0 N–H and O–H groups in total. The largest absolute Gasteiger partial charge is 0.489 e. The van der Waals surface area contributed by atoms with Gasteiger partial charge in [-0.1, -0.05) is 30.3 Å². The van der Waals surface area contributed by atoms with Crippen LogP contribution in [0.2, 0.25) is 0 Å². The van der Waals surface area contributed by atoms with Crippen molar-refractivity contribution in [2.75, 3.05) is 0 Å². The molecule has 0 radical (unpaired) electrons. The van der Waals surface area contributed by atoms with Gasteiger partial charge in [-0.05, 0) is 41.6 Å². The summed E-state index contributed by atoms with van der Waals surface area (Å²) in [6.07, 6.45) is 1.81. The third kappa shape index (κ3) is 3.21. The molecule has 0 amide bonds. The molecule has 0 fully saturated rings. The monoisotopic (exact) mass is 348 g/mol. The average Bonchev–Trinajstić information content (AvgIpc) is 3.18. The Balaban J connectivity index is 1.53. The van der Waals surface area contributed by atoms with E-state index in [1.165, 1.54) is 0 Å². The van der Waals surface area contributed by atoms with Gasteiger partial charge in [-0.15, -0.1) is 11.3 Å². The van der Waals surface area contributed by atoms with E-state index in [-0.39, 0.29) is 5.78 Å². The Morgan fingerprint density at radius 1 is 1.12 bits per heavy atom. The minimum Gasteiger partial charge on any atom is -0.489 e. The number of rotatable bonds is 4. The molecule has 0 unspecified atom stereocenters. The van der Waals surface area contributed by atoms with Crippen molar-refractivity contribution in [3.05, 3.63) is 87.3 Å². The van der Waals surface area contributed by atoms with E-state index in [4.69, 9.17) is 9.47 Å². The predicted octanol–water partition coefficient (Wildman–Crippen LogP) is 5.25. The van der Waals surface area contributed by atoms with E-state index >= 15 is 0 Å². The second-order valence-corrected chi connectivity index (χ2v) is 6.79. The first-order valence-corrected chi connectivity index (χ1v) is 8.88. The summed E-state index contributed by atoms with van der Waals surface area (Å²) in [5, 5.41) is 2.00. The molecule has 124 valence electrons. The van der Waals surface area contributed by atoms with Gasteiger partial charge in [0.25, 0.3) is 0 Å². The minimum absolute atomic E-state index is 0.0857. The zero-order chi connectivity index (χ0) is 17.2. The number of allylic oxidation sites excluding steroid dienone is 1. The SMILES string of the molecule is Cc1ccsc1/C=C1/Oc2cc(OCc3ccccc3)ccc2C1=O. The second-order valence-electron chi connectivity index (χ2n) is 5.84. The maximum absolute atomic E-state index is 12.5. The van der Waals surface area contributed by atoms with Crippen molar-refractivity contribution in [1.29, 1.82) is 0 Å². The fourth-order valence-corrected chi connectivity index (χ4v) is 3.50. The van der Waals surface area contributed by atoms with Gasteiger partial charge < -0.3 is 9.47 Å². The minimum atomic E-state index is -0.0857. The molecule has 0 spiro atoms. The number of benzene rings is 2. The summed E-state index contributed by atoms with van der Waals surface area (Å²) >= 11 is 1.59. The first-order chi connectivity index (χ1) is 12.2. The molecule has 1 aliphatic heterocycles. The van der Waals surface area contributed by atoms with Crippen molar-refractivity contribution in [2.45, 2.75) is 13.5 Å². The van der Waals surface area contributed by atoms with E-state index in [1.54, 1.807) is 23.5 Å². The highest BCUT2D eigenvalue weighted by molar-refractivity contribution is 7.11. The maximum Gasteiger partial charge on any atom is 0.232 e. The van der Waals surface area contributed by atoms with Crippen LogP contribution in [0.4, 0.5) is 0 Å². The van der Waals surface area contributed by atoms with Gasteiger partial charge in [0.05, 0.1) is 5.56 Å². The van der Waals surface area contributed by atoms with Gasteiger partial charge in [-0.3, -0.25) is 4.79 Å². The standard InChI is InChI=1S/C21H16O3S/c1-14-9-10-25-20(14)12-19-21(22)17-8-7-16(11-18(17)24-19)23-13-15-5-3-2-4-6-15/h2-12H,13H2,1H3/b19-12+. The average molecular weight is 348 g/mol. The molecular formula is C21H16O3S. The third-order valence-electron chi connectivity index (χ3n) is 4.05. The Labute approximate surface area is 150 Å². The highest BCUT2D eigenvalue weighted by atomic mass is 32.1. The molecule has 0 atom stereocenters. The van der Waals surface area contributed by atoms with Crippen LogP contribution < -0.4 is 9.47 Å². The Morgan fingerprint density at radius 2 is 1.96 bits per heavy atom. The second kappa shape index (κ2) is 6.57. The van der Waals surface area contributed by atoms with Crippen LogP contribution in [0.25, 0.3) is 6.08 Å². The Bertz CT molecular complexity index is 954. The van der Waals surface area contributed by atoms with Gasteiger partial charge in [0.15, 0.2) is 5.76 Å².